The first kappa shape index (κ1) is 11.9. The molecule has 1 saturated heterocycles. The standard InChI is InChI=1S/C9H17N3O3/c10-1-2-11-3-4-12-6-7(9(14)15)5-8(12)13/h7,11H,1-6,10H2,(H,14,15). The Morgan fingerprint density at radius 3 is 2.87 bits per heavy atom. The highest BCUT2D eigenvalue weighted by atomic mass is 16.4. The number of carboxylic acid groups (broad SMARTS) is 1. The first-order chi connectivity index (χ1) is 7.15. The number of carbonyl (C=O) groups excluding carboxylic acids is 1. The van der Waals surface area contributed by atoms with Crippen molar-refractivity contribution in [3.05, 3.63) is 0 Å². The van der Waals surface area contributed by atoms with Crippen LogP contribution in [0.2, 0.25) is 0 Å². The molecule has 0 bridgehead atoms. The average Bonchev–Trinajstić information content (AvgIpc) is 2.55. The Labute approximate surface area is 88.4 Å². The van der Waals surface area contributed by atoms with Gasteiger partial charge in [0.1, 0.15) is 0 Å². The van der Waals surface area contributed by atoms with Crippen LogP contribution >= 0.6 is 0 Å². The van der Waals surface area contributed by atoms with E-state index in [0.717, 1.165) is 0 Å². The molecule has 1 heterocycles. The summed E-state index contributed by atoms with van der Waals surface area (Å²) in [5, 5.41) is 11.8. The second-order valence-corrected chi connectivity index (χ2v) is 3.62. The van der Waals surface area contributed by atoms with Crippen molar-refractivity contribution in [2.75, 3.05) is 32.7 Å². The lowest BCUT2D eigenvalue weighted by Crippen LogP contribution is -2.35. The number of aliphatic carboxylic acids is 1. The zero-order chi connectivity index (χ0) is 11.3. The molecular weight excluding hydrogens is 198 g/mol. The van der Waals surface area contributed by atoms with Crippen LogP contribution in [0.25, 0.3) is 0 Å². The van der Waals surface area contributed by atoms with Gasteiger partial charge in [-0.2, -0.15) is 0 Å². The molecule has 1 rings (SSSR count). The first-order valence-corrected chi connectivity index (χ1v) is 5.06. The first-order valence-electron chi connectivity index (χ1n) is 5.06. The van der Waals surface area contributed by atoms with Crippen molar-refractivity contribution < 1.29 is 14.7 Å². The number of nitrogens with one attached hydrogen (secondary N) is 1. The highest BCUT2D eigenvalue weighted by molar-refractivity contribution is 5.86. The number of likely N-dealkylation sites (tertiary alicyclic amines) is 1. The fourth-order valence-corrected chi connectivity index (χ4v) is 1.59. The molecule has 1 amide bonds. The molecule has 4 N–H and O–H groups in total. The number of carbonyl (C=O) groups is 2. The number of nitrogens with zero attached hydrogens (tertiary/aromatic N) is 1. The summed E-state index contributed by atoms with van der Waals surface area (Å²) in [5.41, 5.74) is 5.29. The third kappa shape index (κ3) is 3.49. The van der Waals surface area contributed by atoms with Gasteiger partial charge in [-0.15, -0.1) is 0 Å². The molecule has 0 spiro atoms. The van der Waals surface area contributed by atoms with Crippen molar-refractivity contribution in [2.45, 2.75) is 6.42 Å². The predicted octanol–water partition coefficient (Wildman–Crippen LogP) is -1.53. The number of hydrogen-bond donors (Lipinski definition) is 3. The Balaban J connectivity index is 2.25. The van der Waals surface area contributed by atoms with Crippen LogP contribution in [0, 0.1) is 5.92 Å². The summed E-state index contributed by atoms with van der Waals surface area (Å²) in [4.78, 5) is 23.6. The monoisotopic (exact) mass is 215 g/mol. The molecule has 1 fully saturated rings. The smallest absolute Gasteiger partial charge is 0.308 e. The van der Waals surface area contributed by atoms with E-state index < -0.39 is 11.9 Å². The van der Waals surface area contributed by atoms with Gasteiger partial charge in [-0.3, -0.25) is 9.59 Å². The largest absolute Gasteiger partial charge is 0.481 e. The van der Waals surface area contributed by atoms with Gasteiger partial charge in [0, 0.05) is 39.1 Å². The van der Waals surface area contributed by atoms with Gasteiger partial charge in [0.05, 0.1) is 5.92 Å². The van der Waals surface area contributed by atoms with Crippen LogP contribution in [0.4, 0.5) is 0 Å². The highest BCUT2D eigenvalue weighted by Crippen LogP contribution is 2.16. The summed E-state index contributed by atoms with van der Waals surface area (Å²) < 4.78 is 0. The summed E-state index contributed by atoms with van der Waals surface area (Å²) in [6.07, 6.45) is 0.131. The van der Waals surface area contributed by atoms with E-state index in [2.05, 4.69) is 5.32 Å². The maximum atomic E-state index is 11.4. The van der Waals surface area contributed by atoms with Crippen LogP contribution in [0.3, 0.4) is 0 Å². The van der Waals surface area contributed by atoms with E-state index in [4.69, 9.17) is 10.8 Å². The molecule has 1 aliphatic rings. The maximum Gasteiger partial charge on any atom is 0.308 e. The van der Waals surface area contributed by atoms with Crippen molar-refractivity contribution in [1.82, 2.24) is 10.2 Å². The van der Waals surface area contributed by atoms with Crippen LogP contribution in [-0.4, -0.2) is 54.6 Å². The van der Waals surface area contributed by atoms with Gasteiger partial charge in [-0.25, -0.2) is 0 Å². The molecule has 1 unspecified atom stereocenters. The Morgan fingerprint density at radius 1 is 1.60 bits per heavy atom. The minimum atomic E-state index is -0.888. The molecule has 1 atom stereocenters. The molecule has 0 aromatic heterocycles. The lowest BCUT2D eigenvalue weighted by Gasteiger charge is -2.15. The third-order valence-corrected chi connectivity index (χ3v) is 2.44. The lowest BCUT2D eigenvalue weighted by atomic mass is 10.1. The Hall–Kier alpha value is -1.14. The van der Waals surface area contributed by atoms with Gasteiger partial charge in [-0.05, 0) is 0 Å². The predicted molar refractivity (Wildman–Crippen MR) is 54.2 cm³/mol. The van der Waals surface area contributed by atoms with E-state index in [0.29, 0.717) is 32.7 Å². The molecule has 86 valence electrons. The normalized spacial score (nSPS) is 21.0. The Morgan fingerprint density at radius 2 is 2.33 bits per heavy atom. The molecule has 6 nitrogen and oxygen atoms in total. The second kappa shape index (κ2) is 5.67. The summed E-state index contributed by atoms with van der Waals surface area (Å²) in [5.74, 6) is -1.50. The average molecular weight is 215 g/mol. The molecule has 0 aromatic carbocycles. The van der Waals surface area contributed by atoms with Crippen molar-refractivity contribution in [3.63, 3.8) is 0 Å². The van der Waals surface area contributed by atoms with Gasteiger partial charge >= 0.3 is 5.97 Å². The minimum absolute atomic E-state index is 0.0723. The van der Waals surface area contributed by atoms with Crippen molar-refractivity contribution in [2.24, 2.45) is 11.7 Å². The van der Waals surface area contributed by atoms with Crippen LogP contribution < -0.4 is 11.1 Å². The van der Waals surface area contributed by atoms with Gasteiger partial charge < -0.3 is 21.1 Å². The van der Waals surface area contributed by atoms with E-state index in [1.807, 2.05) is 0 Å². The fraction of sp³-hybridized carbons (Fsp3) is 0.778. The zero-order valence-electron chi connectivity index (χ0n) is 8.61. The molecule has 6 heteroatoms. The molecule has 0 radical (unpaired) electrons. The molecule has 0 aliphatic carbocycles. The van der Waals surface area contributed by atoms with Gasteiger partial charge in [0.25, 0.3) is 0 Å². The van der Waals surface area contributed by atoms with E-state index in [1.54, 1.807) is 4.90 Å². The molecule has 1 aliphatic heterocycles. The maximum absolute atomic E-state index is 11.4. The quantitative estimate of drug-likeness (QED) is 0.467. The molecule has 15 heavy (non-hydrogen) atoms. The number of rotatable bonds is 6. The lowest BCUT2D eigenvalue weighted by molar-refractivity contribution is -0.141. The minimum Gasteiger partial charge on any atom is -0.481 e. The fourth-order valence-electron chi connectivity index (χ4n) is 1.59. The topological polar surface area (TPSA) is 95.7 Å². The van der Waals surface area contributed by atoms with Crippen LogP contribution in [0.5, 0.6) is 0 Å². The van der Waals surface area contributed by atoms with Crippen molar-refractivity contribution in [1.29, 1.82) is 0 Å². The Bertz CT molecular complexity index is 245. The van der Waals surface area contributed by atoms with Gasteiger partial charge in [-0.1, -0.05) is 0 Å². The van der Waals surface area contributed by atoms with E-state index in [1.165, 1.54) is 0 Å². The Kier molecular flexibility index (Phi) is 4.51. The van der Waals surface area contributed by atoms with Gasteiger partial charge in [0.2, 0.25) is 5.91 Å². The number of amides is 1. The van der Waals surface area contributed by atoms with Crippen molar-refractivity contribution in [3.8, 4) is 0 Å². The van der Waals surface area contributed by atoms with E-state index >= 15 is 0 Å². The molecule has 0 aromatic rings. The number of hydrogen-bond acceptors (Lipinski definition) is 4. The van der Waals surface area contributed by atoms with Crippen LogP contribution in [0.1, 0.15) is 6.42 Å². The van der Waals surface area contributed by atoms with E-state index in [9.17, 15) is 9.59 Å². The number of carboxylic acids is 1. The highest BCUT2D eigenvalue weighted by Gasteiger charge is 2.33. The van der Waals surface area contributed by atoms with E-state index in [-0.39, 0.29) is 12.3 Å². The molecular formula is C9H17N3O3. The molecule has 0 saturated carbocycles. The third-order valence-electron chi connectivity index (χ3n) is 2.44. The van der Waals surface area contributed by atoms with Crippen LogP contribution in [0.15, 0.2) is 0 Å². The SMILES string of the molecule is NCCNCCN1CC(C(=O)O)CC1=O. The summed E-state index contributed by atoms with van der Waals surface area (Å²) in [6, 6.07) is 0. The number of nitrogens with two attached hydrogens (primary N) is 1. The summed E-state index contributed by atoms with van der Waals surface area (Å²) in [7, 11) is 0. The van der Waals surface area contributed by atoms with Gasteiger partial charge in [0.15, 0.2) is 0 Å². The summed E-state index contributed by atoms with van der Waals surface area (Å²) >= 11 is 0. The summed E-state index contributed by atoms with van der Waals surface area (Å²) in [6.45, 7) is 2.83. The zero-order valence-corrected chi connectivity index (χ0v) is 8.61. The van der Waals surface area contributed by atoms with Crippen molar-refractivity contribution >= 4 is 11.9 Å². The van der Waals surface area contributed by atoms with Crippen LogP contribution in [-0.2, 0) is 9.59 Å². The second-order valence-electron chi connectivity index (χ2n) is 3.62.